The van der Waals surface area contributed by atoms with Crippen LogP contribution in [-0.4, -0.2) is 12.5 Å². The number of nitrogens with one attached hydrogen (secondary N) is 1. The first-order valence-electron chi connectivity index (χ1n) is 14.8. The Morgan fingerprint density at radius 3 is 1.97 bits per heavy atom. The molecule has 1 amide bonds. The molecule has 0 atom stereocenters. The Morgan fingerprint density at radius 2 is 1.38 bits per heavy atom. The smallest absolute Gasteiger partial charge is 0.259 e. The van der Waals surface area contributed by atoms with Crippen LogP contribution < -0.4 is 31.6 Å². The van der Waals surface area contributed by atoms with E-state index in [2.05, 4.69) is 46.0 Å². The molecule has 1 aromatic heterocycles. The molecule has 39 heavy (non-hydrogen) atoms. The number of carbonyl (C=O) groups is 1. The predicted octanol–water partition coefficient (Wildman–Crippen LogP) is 6.20. The van der Waals surface area contributed by atoms with Crippen LogP contribution in [0, 0.1) is 0 Å². The fourth-order valence-electron chi connectivity index (χ4n) is 4.71. The second-order valence-electron chi connectivity index (χ2n) is 10.3. The summed E-state index contributed by atoms with van der Waals surface area (Å²) in [7, 11) is 0. The number of rotatable bonds is 20. The summed E-state index contributed by atoms with van der Waals surface area (Å²) in [5.74, 6) is 0.520. The molecule has 0 bridgehead atoms. The van der Waals surface area contributed by atoms with Crippen LogP contribution in [0.2, 0.25) is 0 Å². The van der Waals surface area contributed by atoms with E-state index >= 15 is 0 Å². The first-order chi connectivity index (χ1) is 18.8. The summed E-state index contributed by atoms with van der Waals surface area (Å²) in [6.45, 7) is 3.76. The lowest BCUT2D eigenvalue weighted by molar-refractivity contribution is -0.683. The predicted molar refractivity (Wildman–Crippen MR) is 160 cm³/mol. The third-order valence-corrected chi connectivity index (χ3v) is 7.66. The Morgan fingerprint density at radius 1 is 0.795 bits per heavy atom. The number of aromatic nitrogens is 1. The molecular formula is C33H47BrN2O2S. The van der Waals surface area contributed by atoms with E-state index in [1.165, 1.54) is 89.0 Å². The number of para-hydroxylation sites is 1. The Bertz CT molecular complexity index is 1020. The van der Waals surface area contributed by atoms with Crippen molar-refractivity contribution >= 4 is 22.9 Å². The van der Waals surface area contributed by atoms with Crippen LogP contribution >= 0.6 is 11.3 Å². The lowest BCUT2D eigenvalue weighted by atomic mass is 10.0. The molecule has 0 aliphatic rings. The van der Waals surface area contributed by atoms with Gasteiger partial charge in [-0.3, -0.25) is 4.79 Å². The van der Waals surface area contributed by atoms with Crippen LogP contribution in [0.5, 0.6) is 5.75 Å². The number of unbranched alkanes of at least 4 members (excludes halogenated alkanes) is 13. The second-order valence-corrected chi connectivity index (χ2v) is 11.0. The molecule has 0 aliphatic heterocycles. The fourth-order valence-corrected chi connectivity index (χ4v) is 5.31. The number of hydrogen-bond donors (Lipinski definition) is 1. The van der Waals surface area contributed by atoms with Crippen molar-refractivity contribution in [3.05, 3.63) is 76.7 Å². The van der Waals surface area contributed by atoms with Crippen molar-refractivity contribution in [1.82, 2.24) is 0 Å². The molecule has 0 saturated carbocycles. The van der Waals surface area contributed by atoms with E-state index in [0.717, 1.165) is 18.7 Å². The number of halogens is 1. The number of hydrogen-bond acceptors (Lipinski definition) is 3. The number of ether oxygens (including phenoxy) is 1. The Hall–Kier alpha value is -2.18. The molecule has 1 N–H and O–H groups in total. The highest BCUT2D eigenvalue weighted by molar-refractivity contribution is 7.07. The Balaban J connectivity index is 0.00000533. The molecular weight excluding hydrogens is 568 g/mol. The molecule has 6 heteroatoms. The minimum Gasteiger partial charge on any atom is -1.00 e. The largest absolute Gasteiger partial charge is 1.00 e. The van der Waals surface area contributed by atoms with Crippen LogP contribution in [0.1, 0.15) is 113 Å². The van der Waals surface area contributed by atoms with Crippen molar-refractivity contribution in [2.45, 2.75) is 103 Å². The molecule has 0 aliphatic carbocycles. The van der Waals surface area contributed by atoms with Gasteiger partial charge in [-0.05, 0) is 30.7 Å². The molecule has 0 spiro atoms. The number of amides is 1. The van der Waals surface area contributed by atoms with Gasteiger partial charge in [0.05, 0.1) is 17.6 Å². The molecule has 214 valence electrons. The highest BCUT2D eigenvalue weighted by atomic mass is 79.9. The van der Waals surface area contributed by atoms with Crippen molar-refractivity contribution < 1.29 is 31.1 Å². The average molecular weight is 616 g/mol. The van der Waals surface area contributed by atoms with Crippen molar-refractivity contribution in [2.24, 2.45) is 0 Å². The highest BCUT2D eigenvalue weighted by Gasteiger charge is 2.13. The summed E-state index contributed by atoms with van der Waals surface area (Å²) in [6, 6.07) is 15.5. The van der Waals surface area contributed by atoms with E-state index in [0.29, 0.717) is 17.9 Å². The molecule has 0 radical (unpaired) electrons. The normalized spacial score (nSPS) is 10.7. The van der Waals surface area contributed by atoms with Crippen LogP contribution in [0.25, 0.3) is 0 Å². The van der Waals surface area contributed by atoms with E-state index in [1.807, 2.05) is 36.4 Å². The van der Waals surface area contributed by atoms with Gasteiger partial charge in [0.2, 0.25) is 5.51 Å². The zero-order chi connectivity index (χ0) is 26.7. The number of anilines is 1. The summed E-state index contributed by atoms with van der Waals surface area (Å²) in [5.41, 5.74) is 4.65. The van der Waals surface area contributed by atoms with E-state index < -0.39 is 0 Å². The van der Waals surface area contributed by atoms with Crippen LogP contribution in [-0.2, 0) is 6.54 Å². The van der Waals surface area contributed by atoms with Gasteiger partial charge in [-0.2, -0.15) is 4.57 Å². The summed E-state index contributed by atoms with van der Waals surface area (Å²) < 4.78 is 8.16. The van der Waals surface area contributed by atoms with Crippen molar-refractivity contribution in [3.63, 3.8) is 0 Å². The minimum absolute atomic E-state index is 0. The van der Waals surface area contributed by atoms with Gasteiger partial charge in [0, 0.05) is 11.3 Å². The van der Waals surface area contributed by atoms with Crippen LogP contribution in [0.3, 0.4) is 0 Å². The molecule has 4 nitrogen and oxygen atoms in total. The topological polar surface area (TPSA) is 42.2 Å². The number of thiazole rings is 1. The molecule has 1 heterocycles. The highest BCUT2D eigenvalue weighted by Crippen LogP contribution is 2.21. The summed E-state index contributed by atoms with van der Waals surface area (Å²) in [6.07, 6.45) is 20.8. The third kappa shape index (κ3) is 13.6. The van der Waals surface area contributed by atoms with Crippen molar-refractivity contribution in [1.29, 1.82) is 0 Å². The lowest BCUT2D eigenvalue weighted by Crippen LogP contribution is -3.00. The van der Waals surface area contributed by atoms with E-state index in [9.17, 15) is 4.79 Å². The SMILES string of the molecule is CCCCCCCCCCCCCCCCOc1ccccc1C(=O)Nc1ccc(C[n+]2ccsc2)cc1.[Br-]. The molecule has 3 aromatic rings. The molecule has 0 saturated heterocycles. The quantitative estimate of drug-likeness (QED) is 0.122. The van der Waals surface area contributed by atoms with Gasteiger partial charge in [-0.1, -0.05) is 126 Å². The Kier molecular flexibility index (Phi) is 17.5. The van der Waals surface area contributed by atoms with Crippen LogP contribution in [0.15, 0.2) is 65.6 Å². The van der Waals surface area contributed by atoms with Gasteiger partial charge in [0.15, 0.2) is 12.7 Å². The summed E-state index contributed by atoms with van der Waals surface area (Å²) >= 11 is 1.68. The number of benzene rings is 2. The van der Waals surface area contributed by atoms with E-state index in [1.54, 1.807) is 11.3 Å². The van der Waals surface area contributed by atoms with Gasteiger partial charge in [-0.15, -0.1) is 0 Å². The van der Waals surface area contributed by atoms with Crippen molar-refractivity contribution in [2.75, 3.05) is 11.9 Å². The first kappa shape index (κ1) is 33.0. The standard InChI is InChI=1S/C33H46N2O2S.BrH/c1-2-3-4-5-6-7-8-9-10-11-12-13-14-17-25-37-32-19-16-15-18-31(32)33(36)34-30-22-20-29(21-23-30)27-35-24-26-38-28-35;/h15-16,18-24,26,28H,2-14,17,25,27H2,1H3;1H. The summed E-state index contributed by atoms with van der Waals surface area (Å²) in [4.78, 5) is 12.9. The zero-order valence-electron chi connectivity index (χ0n) is 23.7. The molecule has 0 fully saturated rings. The van der Waals surface area contributed by atoms with Crippen LogP contribution in [0.4, 0.5) is 5.69 Å². The summed E-state index contributed by atoms with van der Waals surface area (Å²) in [5, 5.41) is 5.08. The molecule has 0 unspecified atom stereocenters. The lowest BCUT2D eigenvalue weighted by Gasteiger charge is -2.12. The monoisotopic (exact) mass is 614 g/mol. The van der Waals surface area contributed by atoms with Gasteiger partial charge in [-0.25, -0.2) is 0 Å². The van der Waals surface area contributed by atoms with Gasteiger partial charge >= 0.3 is 0 Å². The molecule has 3 rings (SSSR count). The van der Waals surface area contributed by atoms with Crippen molar-refractivity contribution in [3.8, 4) is 5.75 Å². The maximum atomic E-state index is 12.9. The number of carbonyl (C=O) groups excluding carboxylic acids is 1. The minimum atomic E-state index is -0.137. The van der Waals surface area contributed by atoms with Gasteiger partial charge < -0.3 is 27.0 Å². The average Bonchev–Trinajstić information content (AvgIpc) is 3.45. The van der Waals surface area contributed by atoms with Gasteiger partial charge in [0.25, 0.3) is 5.91 Å². The molecule has 2 aromatic carbocycles. The maximum Gasteiger partial charge on any atom is 0.259 e. The first-order valence-corrected chi connectivity index (χ1v) is 15.7. The van der Waals surface area contributed by atoms with E-state index in [4.69, 9.17) is 4.74 Å². The second kappa shape index (κ2) is 20.7. The van der Waals surface area contributed by atoms with E-state index in [-0.39, 0.29) is 22.9 Å². The third-order valence-electron chi connectivity index (χ3n) is 6.99. The zero-order valence-corrected chi connectivity index (χ0v) is 26.1. The van der Waals surface area contributed by atoms with Gasteiger partial charge in [0.1, 0.15) is 5.75 Å². The maximum absolute atomic E-state index is 12.9. The number of nitrogens with zero attached hydrogens (tertiary/aromatic N) is 1. The Labute approximate surface area is 251 Å². The fraction of sp³-hybridized carbons (Fsp3) is 0.515.